The molecule has 1 aromatic heterocycles. The zero-order chi connectivity index (χ0) is 24.7. The fraction of sp³-hybridized carbons (Fsp3) is 0.478. The van der Waals surface area contributed by atoms with Gasteiger partial charge in [0.1, 0.15) is 5.75 Å². The minimum atomic E-state index is -0.360. The molecule has 0 spiro atoms. The average Bonchev–Trinajstić information content (AvgIpc) is 3.30. The number of aromatic nitrogens is 1. The summed E-state index contributed by atoms with van der Waals surface area (Å²) in [5.74, 6) is 0.628. The Hall–Kier alpha value is -2.78. The van der Waals surface area contributed by atoms with E-state index in [-0.39, 0.29) is 42.0 Å². The van der Waals surface area contributed by atoms with Crippen LogP contribution in [-0.2, 0) is 9.59 Å². The number of ether oxygens (including phenoxy) is 1. The predicted molar refractivity (Wildman–Crippen MR) is 127 cm³/mol. The van der Waals surface area contributed by atoms with Crippen molar-refractivity contribution in [1.29, 1.82) is 0 Å². The van der Waals surface area contributed by atoms with Crippen LogP contribution in [0.15, 0.2) is 28.8 Å². The molecule has 11 heteroatoms. The lowest BCUT2D eigenvalue weighted by Crippen LogP contribution is -2.38. The predicted octanol–water partition coefficient (Wildman–Crippen LogP) is 3.41. The molecule has 34 heavy (non-hydrogen) atoms. The maximum absolute atomic E-state index is 12.4. The van der Waals surface area contributed by atoms with E-state index in [2.05, 4.69) is 15.6 Å². The van der Waals surface area contributed by atoms with E-state index < -0.39 is 0 Å². The summed E-state index contributed by atoms with van der Waals surface area (Å²) < 4.78 is 11.1. The first kappa shape index (κ1) is 25.8. The lowest BCUT2D eigenvalue weighted by Gasteiger charge is -2.29. The van der Waals surface area contributed by atoms with E-state index in [0.717, 1.165) is 12.8 Å². The first-order valence-electron chi connectivity index (χ1n) is 11.1. The molecule has 0 radical (unpaired) electrons. The van der Waals surface area contributed by atoms with Gasteiger partial charge in [0, 0.05) is 44.6 Å². The Bertz CT molecular complexity index is 1020. The van der Waals surface area contributed by atoms with Gasteiger partial charge in [-0.15, -0.1) is 0 Å². The highest BCUT2D eigenvalue weighted by Gasteiger charge is 2.26. The SMILES string of the molecule is CC(=O)N1CCC(c2ncc(C(=O)NCCC(C)NC(=O)COc3ccc(Cl)c(Cl)c3)o2)CC1. The minimum Gasteiger partial charge on any atom is -0.484 e. The first-order valence-corrected chi connectivity index (χ1v) is 11.8. The fourth-order valence-corrected chi connectivity index (χ4v) is 3.90. The van der Waals surface area contributed by atoms with E-state index in [0.29, 0.717) is 47.7 Å². The molecule has 1 aromatic carbocycles. The first-order chi connectivity index (χ1) is 16.2. The van der Waals surface area contributed by atoms with Crippen molar-refractivity contribution in [3.05, 3.63) is 46.1 Å². The van der Waals surface area contributed by atoms with Crippen molar-refractivity contribution in [1.82, 2.24) is 20.5 Å². The molecule has 1 atom stereocenters. The number of benzene rings is 1. The number of carbonyl (C=O) groups excluding carboxylic acids is 3. The highest BCUT2D eigenvalue weighted by atomic mass is 35.5. The van der Waals surface area contributed by atoms with Crippen LogP contribution in [0.5, 0.6) is 5.75 Å². The summed E-state index contributed by atoms with van der Waals surface area (Å²) in [4.78, 5) is 42.0. The van der Waals surface area contributed by atoms with Crippen LogP contribution in [0.25, 0.3) is 0 Å². The van der Waals surface area contributed by atoms with Crippen LogP contribution in [-0.4, -0.2) is 59.9 Å². The number of likely N-dealkylation sites (tertiary alicyclic amines) is 1. The average molecular weight is 511 g/mol. The van der Waals surface area contributed by atoms with Crippen LogP contribution < -0.4 is 15.4 Å². The number of rotatable bonds is 9. The van der Waals surface area contributed by atoms with Crippen LogP contribution in [0, 0.1) is 0 Å². The lowest BCUT2D eigenvalue weighted by atomic mass is 9.97. The van der Waals surface area contributed by atoms with Crippen LogP contribution in [0.2, 0.25) is 10.0 Å². The highest BCUT2D eigenvalue weighted by Crippen LogP contribution is 2.28. The van der Waals surface area contributed by atoms with Gasteiger partial charge in [0.15, 0.2) is 12.5 Å². The van der Waals surface area contributed by atoms with Crippen LogP contribution in [0.1, 0.15) is 55.5 Å². The molecule has 2 N–H and O–H groups in total. The van der Waals surface area contributed by atoms with E-state index in [9.17, 15) is 14.4 Å². The molecule has 3 rings (SSSR count). The molecule has 1 saturated heterocycles. The summed E-state index contributed by atoms with van der Waals surface area (Å²) in [7, 11) is 0. The van der Waals surface area contributed by atoms with Gasteiger partial charge >= 0.3 is 0 Å². The maximum Gasteiger partial charge on any atom is 0.288 e. The number of oxazole rings is 1. The molecule has 2 aromatic rings. The standard InChI is InChI=1S/C23H28Cl2N4O5/c1-14(28-21(31)13-33-17-3-4-18(24)19(25)11-17)5-8-26-22(32)20-12-27-23(34-20)16-6-9-29(10-7-16)15(2)30/h3-4,11-12,14,16H,5-10,13H2,1-2H3,(H,26,32)(H,28,31). The Kier molecular flexibility index (Phi) is 9.18. The number of nitrogens with zero attached hydrogens (tertiary/aromatic N) is 2. The van der Waals surface area contributed by atoms with Gasteiger partial charge in [0.2, 0.25) is 11.7 Å². The van der Waals surface area contributed by atoms with E-state index in [1.54, 1.807) is 30.0 Å². The Balaban J connectivity index is 1.35. The summed E-state index contributed by atoms with van der Waals surface area (Å²) in [5, 5.41) is 6.34. The van der Waals surface area contributed by atoms with Crippen molar-refractivity contribution >= 4 is 40.9 Å². The molecule has 9 nitrogen and oxygen atoms in total. The van der Waals surface area contributed by atoms with Gasteiger partial charge in [0.05, 0.1) is 16.2 Å². The number of nitrogens with one attached hydrogen (secondary N) is 2. The van der Waals surface area contributed by atoms with E-state index in [4.69, 9.17) is 32.4 Å². The second kappa shape index (κ2) is 12.1. The summed E-state index contributed by atoms with van der Waals surface area (Å²) in [5.41, 5.74) is 0. The van der Waals surface area contributed by atoms with Crippen molar-refractivity contribution in [2.75, 3.05) is 26.2 Å². The second-order valence-corrected chi connectivity index (χ2v) is 9.04. The van der Waals surface area contributed by atoms with E-state index in [1.807, 2.05) is 6.92 Å². The molecule has 1 fully saturated rings. The highest BCUT2D eigenvalue weighted by molar-refractivity contribution is 6.42. The molecule has 0 bridgehead atoms. The molecular weight excluding hydrogens is 483 g/mol. The van der Waals surface area contributed by atoms with Gasteiger partial charge in [-0.25, -0.2) is 4.98 Å². The third kappa shape index (κ3) is 7.36. The number of piperidine rings is 1. The van der Waals surface area contributed by atoms with Gasteiger partial charge in [-0.3, -0.25) is 14.4 Å². The van der Waals surface area contributed by atoms with Crippen molar-refractivity contribution in [3.8, 4) is 5.75 Å². The van der Waals surface area contributed by atoms with E-state index in [1.165, 1.54) is 6.20 Å². The third-order valence-electron chi connectivity index (χ3n) is 5.57. The number of carbonyl (C=O) groups is 3. The topological polar surface area (TPSA) is 114 Å². The number of hydrogen-bond donors (Lipinski definition) is 2. The summed E-state index contributed by atoms with van der Waals surface area (Å²) in [6.45, 7) is 4.90. The van der Waals surface area contributed by atoms with E-state index >= 15 is 0 Å². The molecule has 1 unspecified atom stereocenters. The largest absolute Gasteiger partial charge is 0.484 e. The molecule has 0 aliphatic carbocycles. The van der Waals surface area contributed by atoms with Gasteiger partial charge in [-0.1, -0.05) is 23.2 Å². The smallest absolute Gasteiger partial charge is 0.288 e. The van der Waals surface area contributed by atoms with Crippen molar-refractivity contribution in [3.63, 3.8) is 0 Å². The van der Waals surface area contributed by atoms with Gasteiger partial charge in [-0.2, -0.15) is 0 Å². The zero-order valence-corrected chi connectivity index (χ0v) is 20.6. The Labute approximate surface area is 208 Å². The Morgan fingerprint density at radius 2 is 1.97 bits per heavy atom. The molecule has 0 saturated carbocycles. The third-order valence-corrected chi connectivity index (χ3v) is 6.31. The van der Waals surface area contributed by atoms with Crippen molar-refractivity contribution < 1.29 is 23.5 Å². The zero-order valence-electron chi connectivity index (χ0n) is 19.1. The fourth-order valence-electron chi connectivity index (χ4n) is 3.62. The molecular formula is C23H28Cl2N4O5. The van der Waals surface area contributed by atoms with Gasteiger partial charge < -0.3 is 24.7 Å². The molecule has 2 heterocycles. The van der Waals surface area contributed by atoms with Crippen LogP contribution in [0.4, 0.5) is 0 Å². The lowest BCUT2D eigenvalue weighted by molar-refractivity contribution is -0.130. The molecule has 1 aliphatic rings. The maximum atomic E-state index is 12.4. The normalized spacial score (nSPS) is 15.0. The monoisotopic (exact) mass is 510 g/mol. The Morgan fingerprint density at radius 1 is 1.24 bits per heavy atom. The Morgan fingerprint density at radius 3 is 2.65 bits per heavy atom. The van der Waals surface area contributed by atoms with Crippen molar-refractivity contribution in [2.24, 2.45) is 0 Å². The summed E-state index contributed by atoms with van der Waals surface area (Å²) in [6, 6.07) is 4.59. The molecule has 184 valence electrons. The van der Waals surface area contributed by atoms with Gasteiger partial charge in [-0.05, 0) is 38.3 Å². The quantitative estimate of drug-likeness (QED) is 0.534. The summed E-state index contributed by atoms with van der Waals surface area (Å²) in [6.07, 6.45) is 3.46. The second-order valence-electron chi connectivity index (χ2n) is 8.22. The molecule has 3 amide bonds. The summed E-state index contributed by atoms with van der Waals surface area (Å²) >= 11 is 11.8. The number of halogens is 2. The number of amides is 3. The molecule has 1 aliphatic heterocycles. The van der Waals surface area contributed by atoms with Crippen molar-refractivity contribution in [2.45, 2.75) is 45.1 Å². The minimum absolute atomic E-state index is 0.0651. The van der Waals surface area contributed by atoms with Crippen LogP contribution >= 0.6 is 23.2 Å². The van der Waals surface area contributed by atoms with Crippen LogP contribution in [0.3, 0.4) is 0 Å². The number of hydrogen-bond acceptors (Lipinski definition) is 6. The van der Waals surface area contributed by atoms with Gasteiger partial charge in [0.25, 0.3) is 11.8 Å².